The van der Waals surface area contributed by atoms with Crippen molar-refractivity contribution >= 4 is 73.9 Å². The molecule has 2 amide bonds. The van der Waals surface area contributed by atoms with Crippen LogP contribution in [0.15, 0.2) is 61.7 Å². The van der Waals surface area contributed by atoms with Gasteiger partial charge >= 0.3 is 15.2 Å². The molecule has 0 bridgehead atoms. The van der Waals surface area contributed by atoms with Crippen molar-refractivity contribution in [2.75, 3.05) is 110 Å². The molecule has 450 valence electrons. The van der Waals surface area contributed by atoms with Crippen LogP contribution < -0.4 is 24.0 Å². The fourth-order valence-electron chi connectivity index (χ4n) is 11.6. The summed E-state index contributed by atoms with van der Waals surface area (Å²) in [7, 11) is 5.74. The number of amides is 2. The van der Waals surface area contributed by atoms with E-state index < -0.39 is 5.82 Å². The van der Waals surface area contributed by atoms with Gasteiger partial charge in [-0.3, -0.25) is 19.4 Å². The van der Waals surface area contributed by atoms with E-state index in [9.17, 15) is 23.5 Å². The van der Waals surface area contributed by atoms with Crippen LogP contribution in [0.2, 0.25) is 0 Å². The maximum atomic E-state index is 14.7. The number of benzene rings is 2. The van der Waals surface area contributed by atoms with Gasteiger partial charge < -0.3 is 58.4 Å². The van der Waals surface area contributed by atoms with E-state index in [2.05, 4.69) is 109 Å². The number of phenols is 1. The normalized spacial score (nSPS) is 20.5. The van der Waals surface area contributed by atoms with Gasteiger partial charge in [-0.2, -0.15) is 19.9 Å². The topological polar surface area (TPSA) is 168 Å². The highest BCUT2D eigenvalue weighted by Gasteiger charge is 2.38. The number of halogens is 5. The number of anilines is 2. The van der Waals surface area contributed by atoms with E-state index in [-0.39, 0.29) is 71.3 Å². The molecule has 6 aliphatic heterocycles. The number of likely N-dealkylation sites (N-methyl/N-ethyl adjacent to an activating group) is 2. The number of hydrogen-bond acceptors (Lipinski definition) is 16. The lowest BCUT2D eigenvalue weighted by Gasteiger charge is -2.40. The monoisotopic (exact) mass is 1350 g/mol. The number of phenolic OH excluding ortho intramolecular Hbond substituents is 1. The number of aromatic hydroxyl groups is 1. The zero-order chi connectivity index (χ0) is 59.3. The van der Waals surface area contributed by atoms with Gasteiger partial charge in [-0.25, -0.2) is 21.9 Å². The molecule has 1 N–H and O–H groups in total. The van der Waals surface area contributed by atoms with Gasteiger partial charge in [0.15, 0.2) is 0 Å². The number of rotatable bonds is 17. The van der Waals surface area contributed by atoms with Crippen molar-refractivity contribution < 1.29 is 37.7 Å². The van der Waals surface area contributed by atoms with Crippen molar-refractivity contribution in [2.24, 2.45) is 0 Å². The third-order valence-corrected chi connectivity index (χ3v) is 16.0. The van der Waals surface area contributed by atoms with Crippen LogP contribution in [0.1, 0.15) is 66.8 Å². The molecule has 6 aliphatic rings. The summed E-state index contributed by atoms with van der Waals surface area (Å²) in [5.74, 6) is 0.791. The number of piperazine rings is 2. The van der Waals surface area contributed by atoms with Crippen LogP contribution >= 0.6 is 47.3 Å². The Morgan fingerprint density at radius 3 is 1.54 bits per heavy atom. The molecular formula is C58H74BBr3F2N14O6. The first-order valence-electron chi connectivity index (χ1n) is 27.6. The summed E-state index contributed by atoms with van der Waals surface area (Å²) in [5, 5.41) is 10.2. The second kappa shape index (κ2) is 30.9. The molecule has 2 aromatic heterocycles. The minimum absolute atomic E-state index is 0. The molecule has 0 aliphatic carbocycles. The Hall–Kier alpha value is -6.00. The van der Waals surface area contributed by atoms with Gasteiger partial charge in [-0.1, -0.05) is 32.7 Å². The summed E-state index contributed by atoms with van der Waals surface area (Å²) in [4.78, 5) is 67.6. The highest BCUT2D eigenvalue weighted by Crippen LogP contribution is 2.37. The Labute approximate surface area is 517 Å². The summed E-state index contributed by atoms with van der Waals surface area (Å²) in [6.45, 7) is 31.0. The molecule has 10 rings (SSSR count). The van der Waals surface area contributed by atoms with Crippen LogP contribution in [0.5, 0.6) is 23.5 Å². The predicted molar refractivity (Wildman–Crippen MR) is 331 cm³/mol. The quantitative estimate of drug-likeness (QED) is 0.0614. The van der Waals surface area contributed by atoms with Crippen LogP contribution in [0.4, 0.5) is 20.4 Å². The highest BCUT2D eigenvalue weighted by molar-refractivity contribution is 9.69. The maximum Gasteiger partial charge on any atom is 0.369 e. The van der Waals surface area contributed by atoms with Crippen LogP contribution in [-0.2, 0) is 48.9 Å². The van der Waals surface area contributed by atoms with E-state index in [4.69, 9.17) is 47.3 Å². The first-order valence-corrected chi connectivity index (χ1v) is 30.4. The second-order valence-corrected chi connectivity index (χ2v) is 27.7. The van der Waals surface area contributed by atoms with E-state index in [0.717, 1.165) is 72.9 Å². The molecule has 4 aromatic rings. The minimum atomic E-state index is -0.452. The molecule has 26 heteroatoms. The van der Waals surface area contributed by atoms with Gasteiger partial charge in [-0.15, -0.1) is 47.3 Å². The summed E-state index contributed by atoms with van der Waals surface area (Å²) in [6.07, 6.45) is 7.00. The van der Waals surface area contributed by atoms with Gasteiger partial charge in [0, 0.05) is 113 Å². The number of carbonyl (C=O) groups excluding carboxylic acids is 2. The van der Waals surface area contributed by atoms with E-state index in [1.54, 1.807) is 29.0 Å². The smallest absolute Gasteiger partial charge is 0.369 e. The van der Waals surface area contributed by atoms with Crippen molar-refractivity contribution in [3.8, 4) is 23.5 Å². The van der Waals surface area contributed by atoms with Crippen molar-refractivity contribution in [3.63, 3.8) is 0 Å². The average Bonchev–Trinajstić information content (AvgIpc) is 3.29. The molecule has 4 fully saturated rings. The molecule has 4 atom stereocenters. The Morgan fingerprint density at radius 2 is 1.13 bits per heavy atom. The third-order valence-electron chi connectivity index (χ3n) is 16.0. The predicted octanol–water partition coefficient (Wildman–Crippen LogP) is 7.96. The van der Waals surface area contributed by atoms with Crippen LogP contribution in [0.3, 0.4) is 0 Å². The Bertz CT molecular complexity index is 3030. The lowest BCUT2D eigenvalue weighted by molar-refractivity contribution is -0.129. The molecule has 2 aromatic carbocycles. The van der Waals surface area contributed by atoms with Crippen LogP contribution in [0.25, 0.3) is 9.69 Å². The van der Waals surface area contributed by atoms with E-state index in [0.29, 0.717) is 121 Å². The zero-order valence-corrected chi connectivity index (χ0v) is 51.9. The molecule has 8 heterocycles. The van der Waals surface area contributed by atoms with Gasteiger partial charge in [0.05, 0.1) is 18.5 Å². The van der Waals surface area contributed by atoms with Crippen LogP contribution in [-0.4, -0.2) is 193 Å². The molecule has 0 radical (unpaired) electrons. The van der Waals surface area contributed by atoms with Crippen LogP contribution in [0, 0.1) is 24.8 Å². The SMILES string of the molecule is BrB(Br)Br.C.[C-]#[N+]C[C@H]1CN(c2nc(OC[C@@H]3CCCN3C)nc3c2CN(Cc2c(F)cccc2OC)C3)CCN1C(=O)C=C.[C-]#[N+]C[C@H]1CN(c2nc(OC[C@@H]3CCCN3C)nc3c2CN(Cc2c(O)cccc2F)C3)CCN1C(=O)C=C. The molecule has 84 heavy (non-hydrogen) atoms. The lowest BCUT2D eigenvalue weighted by Crippen LogP contribution is -2.56. The highest BCUT2D eigenvalue weighted by atomic mass is 79.9. The molecule has 0 saturated carbocycles. The molecule has 4 saturated heterocycles. The molecular weight excluding hydrogens is 1280 g/mol. The Balaban J connectivity index is 0.000000224. The standard InChI is InChI=1S/C29H36FN7O3.C28H34FN7O3.CH4.BBr3/c1-5-27(38)37-13-12-36(15-21(37)14-31-2)28-23-17-35(16-22-24(30)9-6-10-26(22)39-4)18-25(23)32-29(33-28)40-19-20-8-7-11-34(20)3;1-4-26(38)36-12-11-35(14-20(36)13-30-2)27-22-16-34(15-21-23(29)8-5-9-25(21)37)17-24(22)31-28(32-27)39-18-19-7-6-10-33(19)3;;2-1(3)4/h5-6,9-10,20-21H,1,7-8,11-19H2,3-4H3;4-5,8-9,19-20,37H,1,6-7,10-18H2,3H3;1H4;/t20-,21-;19-,20-;;/m00../s1. The van der Waals surface area contributed by atoms with E-state index in [1.165, 1.54) is 36.4 Å². The van der Waals surface area contributed by atoms with Crippen molar-refractivity contribution in [2.45, 2.75) is 96.5 Å². The summed E-state index contributed by atoms with van der Waals surface area (Å²) in [6, 6.07) is 9.84. The molecule has 0 spiro atoms. The fraction of sp³-hybridized carbons (Fsp3) is 0.517. The second-order valence-electron chi connectivity index (χ2n) is 21.2. The first kappa shape index (κ1) is 65.5. The Morgan fingerprint density at radius 1 is 0.690 bits per heavy atom. The Kier molecular flexibility index (Phi) is 24.1. The van der Waals surface area contributed by atoms with Gasteiger partial charge in [0.25, 0.3) is 0 Å². The number of ether oxygens (including phenoxy) is 3. The number of nitrogens with zero attached hydrogens (tertiary/aromatic N) is 14. The maximum absolute atomic E-state index is 14.7. The van der Waals surface area contributed by atoms with E-state index in [1.807, 2.05) is 4.90 Å². The fourth-order valence-corrected chi connectivity index (χ4v) is 11.6. The number of aromatic nitrogens is 4. The van der Waals surface area contributed by atoms with Gasteiger partial charge in [0.2, 0.25) is 24.9 Å². The zero-order valence-electron chi connectivity index (χ0n) is 47.1. The largest absolute Gasteiger partial charge is 0.508 e. The number of methoxy groups -OCH3 is 1. The summed E-state index contributed by atoms with van der Waals surface area (Å²) in [5.41, 5.74) is 4.28. The number of carbonyl (C=O) groups is 2. The lowest BCUT2D eigenvalue weighted by atomic mass is 10.1. The van der Waals surface area contributed by atoms with Gasteiger partial charge in [0.1, 0.15) is 60.1 Å². The number of hydrogen-bond donors (Lipinski definition) is 1. The van der Waals surface area contributed by atoms with Crippen molar-refractivity contribution in [3.05, 3.63) is 130 Å². The molecule has 20 nitrogen and oxygen atoms in total. The molecule has 0 unspecified atom stereocenters. The van der Waals surface area contributed by atoms with Gasteiger partial charge in [-0.05, 0) is 89.3 Å². The summed E-state index contributed by atoms with van der Waals surface area (Å²) < 4.78 is 47.2. The first-order chi connectivity index (χ1) is 40.0. The van der Waals surface area contributed by atoms with Crippen molar-refractivity contribution in [1.82, 2.24) is 49.3 Å². The number of likely N-dealkylation sites (tertiary alicyclic amines) is 2. The number of fused-ring (bicyclic) bond motifs is 2. The summed E-state index contributed by atoms with van der Waals surface area (Å²) >= 11 is 9.31. The third kappa shape index (κ3) is 16.3. The van der Waals surface area contributed by atoms with Crippen molar-refractivity contribution in [1.29, 1.82) is 0 Å². The average molecular weight is 1350 g/mol. The minimum Gasteiger partial charge on any atom is -0.508 e. The van der Waals surface area contributed by atoms with E-state index >= 15 is 0 Å².